The molecule has 0 radical (unpaired) electrons. The number of hydrogen-bond donors (Lipinski definition) is 3. The number of hydrogen-bond acceptors (Lipinski definition) is 16. The van der Waals surface area contributed by atoms with E-state index in [-0.39, 0.29) is 14.9 Å². The van der Waals surface area contributed by atoms with Gasteiger partial charge in [0, 0.05) is 31.1 Å². The van der Waals surface area contributed by atoms with Crippen molar-refractivity contribution >= 4 is 73.4 Å². The molecular formula is C46H66N8O10. The fraction of sp³-hybridized carbons (Fsp3) is 0.500. The number of carbonyl (C=O) groups is 3. The smallest absolute Gasteiger partial charge is 0.347 e. The number of aromatic nitrogens is 6. The number of para-hydroxylation sites is 2. The van der Waals surface area contributed by atoms with E-state index >= 15 is 0 Å². The Morgan fingerprint density at radius 3 is 1.55 bits per heavy atom. The van der Waals surface area contributed by atoms with Crippen LogP contribution < -0.4 is 11.5 Å². The molecule has 18 heteroatoms. The van der Waals surface area contributed by atoms with E-state index in [0.717, 1.165) is 38.7 Å². The maximum absolute atomic E-state index is 12.3. The number of esters is 3. The van der Waals surface area contributed by atoms with Crippen molar-refractivity contribution in [3.8, 4) is 0 Å². The topological polar surface area (TPSA) is 240 Å². The van der Waals surface area contributed by atoms with Crippen LogP contribution in [-0.2, 0) is 69.1 Å². The molecule has 350 valence electrons. The van der Waals surface area contributed by atoms with Crippen LogP contribution in [0.5, 0.6) is 0 Å². The molecule has 0 saturated carbocycles. The SMILES string of the molecule is C.C.CC1OC(=O)C(C)OC1=O.CCOCc1nc2c(N)nc3ccccc3c2n1CC(C)(C)O.CCOCc1nc2c(N)nc3ccccc3c2n1CC(C)(C)OC(=O)C(C)OC. The monoisotopic (exact) mass is 890 g/mol. The van der Waals surface area contributed by atoms with Crippen LogP contribution in [0.2, 0.25) is 0 Å². The lowest BCUT2D eigenvalue weighted by molar-refractivity contribution is -0.191. The molecule has 6 aromatic rings. The highest BCUT2D eigenvalue weighted by atomic mass is 16.6. The number of benzene rings is 2. The molecule has 4 aromatic heterocycles. The van der Waals surface area contributed by atoms with Crippen LogP contribution >= 0.6 is 0 Å². The molecule has 2 aromatic carbocycles. The summed E-state index contributed by atoms with van der Waals surface area (Å²) < 4.78 is 35.1. The van der Waals surface area contributed by atoms with Gasteiger partial charge in [-0.15, -0.1) is 0 Å². The van der Waals surface area contributed by atoms with Crippen LogP contribution in [-0.4, -0.2) is 102 Å². The Morgan fingerprint density at radius 2 is 1.16 bits per heavy atom. The first kappa shape index (κ1) is 52.4. The van der Waals surface area contributed by atoms with E-state index in [2.05, 4.69) is 24.4 Å². The van der Waals surface area contributed by atoms with Crippen molar-refractivity contribution in [3.05, 3.63) is 60.2 Å². The second kappa shape index (κ2) is 22.1. The largest absolute Gasteiger partial charge is 0.456 e. The van der Waals surface area contributed by atoms with Crippen LogP contribution in [0, 0.1) is 0 Å². The molecule has 0 spiro atoms. The number of cyclic esters (lactones) is 2. The number of methoxy groups -OCH3 is 1. The molecule has 64 heavy (non-hydrogen) atoms. The molecule has 0 amide bonds. The normalized spacial score (nSPS) is 15.5. The number of fused-ring (bicyclic) bond motifs is 6. The van der Waals surface area contributed by atoms with Gasteiger partial charge < -0.3 is 54.1 Å². The maximum atomic E-state index is 12.3. The second-order valence-electron chi connectivity index (χ2n) is 16.0. The summed E-state index contributed by atoms with van der Waals surface area (Å²) in [5, 5.41) is 12.2. The number of ether oxygens (including phenoxy) is 6. The summed E-state index contributed by atoms with van der Waals surface area (Å²) in [4.78, 5) is 51.8. The standard InChI is InChI=1S/C21H28N4O4.C17H22N4O2.C6H8O4.2CH4/c1-6-28-11-16-24-17-18(14-9-7-8-10-15(14)23-19(17)22)25(16)12-21(3,4)29-20(26)13(2)27-5;1-4-23-9-13-20-14-15(21(13)10-17(2,3)22)11-7-5-6-8-12(11)19-16(14)18;1-3-5(7)10-4(2)6(8)9-3;;/h7-10,13H,6,11-12H2,1-5H3,(H2,22,23);5-8,22H,4,9-10H2,1-3H3,(H2,18,19);3-4H,1-2H3;2*1H4. The van der Waals surface area contributed by atoms with Gasteiger partial charge in [-0.05, 0) is 74.4 Å². The summed E-state index contributed by atoms with van der Waals surface area (Å²) in [6.45, 7) is 18.4. The van der Waals surface area contributed by atoms with Gasteiger partial charge in [-0.3, -0.25) is 0 Å². The van der Waals surface area contributed by atoms with E-state index in [4.69, 9.17) is 35.4 Å². The van der Waals surface area contributed by atoms with Gasteiger partial charge in [-0.25, -0.2) is 34.3 Å². The molecule has 0 bridgehead atoms. The summed E-state index contributed by atoms with van der Waals surface area (Å²) in [6, 6.07) is 15.6. The number of anilines is 2. The number of rotatable bonds is 13. The fourth-order valence-corrected chi connectivity index (χ4v) is 6.65. The zero-order valence-corrected chi connectivity index (χ0v) is 37.1. The van der Waals surface area contributed by atoms with Crippen molar-refractivity contribution in [1.82, 2.24) is 29.1 Å². The van der Waals surface area contributed by atoms with Crippen molar-refractivity contribution in [2.24, 2.45) is 0 Å². The van der Waals surface area contributed by atoms with Crippen molar-refractivity contribution in [2.45, 2.75) is 133 Å². The predicted molar refractivity (Wildman–Crippen MR) is 247 cm³/mol. The third-order valence-electron chi connectivity index (χ3n) is 9.65. The molecule has 18 nitrogen and oxygen atoms in total. The summed E-state index contributed by atoms with van der Waals surface area (Å²) in [7, 11) is 1.48. The van der Waals surface area contributed by atoms with Gasteiger partial charge in [0.05, 0.1) is 40.8 Å². The van der Waals surface area contributed by atoms with Gasteiger partial charge in [0.1, 0.15) is 41.5 Å². The first-order valence-corrected chi connectivity index (χ1v) is 20.4. The molecule has 3 unspecified atom stereocenters. The average Bonchev–Trinajstić information content (AvgIpc) is 3.76. The summed E-state index contributed by atoms with van der Waals surface area (Å²) in [6.07, 6.45) is -2.13. The average molecular weight is 891 g/mol. The lowest BCUT2D eigenvalue weighted by atomic mass is 10.1. The van der Waals surface area contributed by atoms with E-state index < -0.39 is 47.4 Å². The Balaban J connectivity index is 0.000000277. The minimum Gasteiger partial charge on any atom is -0.456 e. The molecule has 1 saturated heterocycles. The van der Waals surface area contributed by atoms with E-state index in [1.165, 1.54) is 21.0 Å². The lowest BCUT2D eigenvalue weighted by Gasteiger charge is -2.28. The predicted octanol–water partition coefficient (Wildman–Crippen LogP) is 6.67. The zero-order valence-electron chi connectivity index (χ0n) is 37.1. The molecule has 7 rings (SSSR count). The minimum absolute atomic E-state index is 0. The van der Waals surface area contributed by atoms with Gasteiger partial charge in [0.25, 0.3) is 0 Å². The Labute approximate surface area is 374 Å². The van der Waals surface area contributed by atoms with E-state index in [0.29, 0.717) is 68.0 Å². The van der Waals surface area contributed by atoms with Gasteiger partial charge in [-0.1, -0.05) is 51.3 Å². The van der Waals surface area contributed by atoms with Crippen molar-refractivity contribution < 1.29 is 47.9 Å². The van der Waals surface area contributed by atoms with Gasteiger partial charge in [0.2, 0.25) is 0 Å². The van der Waals surface area contributed by atoms with Crippen molar-refractivity contribution in [3.63, 3.8) is 0 Å². The number of nitrogens with zero attached hydrogens (tertiary/aromatic N) is 6. The molecule has 0 aliphatic carbocycles. The first-order chi connectivity index (χ1) is 29.3. The number of nitrogens with two attached hydrogens (primary N) is 2. The molecule has 1 fully saturated rings. The number of imidazole rings is 2. The molecule has 1 aliphatic rings. The molecule has 5 N–H and O–H groups in total. The van der Waals surface area contributed by atoms with E-state index in [9.17, 15) is 19.5 Å². The van der Waals surface area contributed by atoms with Gasteiger partial charge >= 0.3 is 17.9 Å². The van der Waals surface area contributed by atoms with Crippen molar-refractivity contribution in [2.75, 3.05) is 31.8 Å². The Kier molecular flexibility index (Phi) is 18.1. The number of pyridine rings is 2. The fourth-order valence-electron chi connectivity index (χ4n) is 6.65. The van der Waals surface area contributed by atoms with Crippen LogP contribution in [0.25, 0.3) is 43.9 Å². The molecule has 5 heterocycles. The number of aliphatic hydroxyl groups is 1. The molecule has 1 aliphatic heterocycles. The van der Waals surface area contributed by atoms with Crippen LogP contribution in [0.4, 0.5) is 11.6 Å². The zero-order chi connectivity index (χ0) is 45.5. The number of nitrogen functional groups attached to an aromatic ring is 2. The third-order valence-corrected chi connectivity index (χ3v) is 9.65. The van der Waals surface area contributed by atoms with Gasteiger partial charge in [-0.2, -0.15) is 0 Å². The van der Waals surface area contributed by atoms with Crippen LogP contribution in [0.1, 0.15) is 88.8 Å². The summed E-state index contributed by atoms with van der Waals surface area (Å²) in [5.41, 5.74) is 15.2. The van der Waals surface area contributed by atoms with Gasteiger partial charge in [0.15, 0.2) is 29.9 Å². The minimum atomic E-state index is -0.881. The highest BCUT2D eigenvalue weighted by Gasteiger charge is 2.32. The maximum Gasteiger partial charge on any atom is 0.347 e. The Hall–Kier alpha value is -5.95. The molecular weight excluding hydrogens is 825 g/mol. The Morgan fingerprint density at radius 1 is 0.750 bits per heavy atom. The highest BCUT2D eigenvalue weighted by molar-refractivity contribution is 6.07. The first-order valence-electron chi connectivity index (χ1n) is 20.4. The van der Waals surface area contributed by atoms with E-state index in [1.807, 2.05) is 85.4 Å². The number of carbonyl (C=O) groups excluding carboxylic acids is 3. The van der Waals surface area contributed by atoms with E-state index in [1.54, 1.807) is 20.8 Å². The third kappa shape index (κ3) is 12.4. The second-order valence-corrected chi connectivity index (χ2v) is 16.0. The van der Waals surface area contributed by atoms with Crippen LogP contribution in [0.15, 0.2) is 48.5 Å². The quantitative estimate of drug-likeness (QED) is 0.0810. The highest BCUT2D eigenvalue weighted by Crippen LogP contribution is 2.32. The van der Waals surface area contributed by atoms with Crippen molar-refractivity contribution in [1.29, 1.82) is 0 Å². The van der Waals surface area contributed by atoms with Crippen LogP contribution in [0.3, 0.4) is 0 Å². The Bertz CT molecular complexity index is 2530. The summed E-state index contributed by atoms with van der Waals surface area (Å²) >= 11 is 0. The lowest BCUT2D eigenvalue weighted by Crippen LogP contribution is -2.40. The summed E-state index contributed by atoms with van der Waals surface area (Å²) in [5.74, 6) is 0.826. The molecule has 3 atom stereocenters.